The number of hydrogen-bond donors (Lipinski definition) is 1. The second-order valence-electron chi connectivity index (χ2n) is 6.26. The number of fused-ring (bicyclic) bond motifs is 1. The van der Waals surface area contributed by atoms with Gasteiger partial charge in [-0.15, -0.1) is 11.3 Å². The number of benzene rings is 1. The molecule has 2 aromatic heterocycles. The van der Waals surface area contributed by atoms with Crippen LogP contribution in [0.4, 0.5) is 0 Å². The Labute approximate surface area is 165 Å². The van der Waals surface area contributed by atoms with Gasteiger partial charge in [0.2, 0.25) is 10.0 Å². The lowest BCUT2D eigenvalue weighted by atomic mass is 10.2. The smallest absolute Gasteiger partial charge is 0.251 e. The maximum Gasteiger partial charge on any atom is 0.251 e. The summed E-state index contributed by atoms with van der Waals surface area (Å²) in [5.74, 6) is -0.374. The van der Waals surface area contributed by atoms with E-state index in [0.29, 0.717) is 13.1 Å². The van der Waals surface area contributed by atoms with Crippen LogP contribution in [0.25, 0.3) is 4.96 Å². The summed E-state index contributed by atoms with van der Waals surface area (Å²) in [4.78, 5) is 17.7. The molecule has 0 aliphatic carbocycles. The molecule has 1 aliphatic heterocycles. The van der Waals surface area contributed by atoms with Crippen molar-refractivity contribution in [1.29, 1.82) is 0 Å². The van der Waals surface area contributed by atoms with Crippen molar-refractivity contribution in [3.8, 4) is 0 Å². The van der Waals surface area contributed by atoms with E-state index in [9.17, 15) is 13.2 Å². The molecule has 0 atom stereocenters. The number of nitrogens with one attached hydrogen (secondary N) is 1. The topological polar surface area (TPSA) is 83.8 Å². The largest absolute Gasteiger partial charge is 0.346 e. The predicted octanol–water partition coefficient (Wildman–Crippen LogP) is 2.76. The van der Waals surface area contributed by atoms with Gasteiger partial charge in [0.05, 0.1) is 17.3 Å². The Morgan fingerprint density at radius 2 is 2.07 bits per heavy atom. The highest BCUT2D eigenvalue weighted by Gasteiger charge is 2.29. The Bertz CT molecular complexity index is 1070. The first kappa shape index (κ1) is 18.4. The molecule has 27 heavy (non-hydrogen) atoms. The van der Waals surface area contributed by atoms with Gasteiger partial charge in [-0.2, -0.15) is 4.31 Å². The lowest BCUT2D eigenvalue weighted by Crippen LogP contribution is -2.29. The number of sulfonamides is 1. The Hall–Kier alpha value is -1.94. The SMILES string of the molecule is O=C(NCc1cn2ccsc2n1)c1ccc(Cl)c(S(=O)(=O)N2CCCC2)c1. The number of amides is 1. The standard InChI is InChI=1S/C17H17ClN4O3S2/c18-14-4-3-12(9-15(14)27(24,25)22-5-1-2-6-22)16(23)19-10-13-11-21-7-8-26-17(21)20-13/h3-4,7-9,11H,1-2,5-6,10H2,(H,19,23). The number of nitrogens with zero attached hydrogens (tertiary/aromatic N) is 3. The molecule has 0 radical (unpaired) electrons. The summed E-state index contributed by atoms with van der Waals surface area (Å²) in [5, 5.41) is 4.82. The first-order valence-corrected chi connectivity index (χ1v) is 11.1. The Kier molecular flexibility index (Phi) is 4.94. The van der Waals surface area contributed by atoms with Crippen molar-refractivity contribution in [1.82, 2.24) is 19.0 Å². The predicted molar refractivity (Wildman–Crippen MR) is 104 cm³/mol. The summed E-state index contributed by atoms with van der Waals surface area (Å²) in [5.41, 5.74) is 0.979. The van der Waals surface area contributed by atoms with E-state index >= 15 is 0 Å². The fraction of sp³-hybridized carbons (Fsp3) is 0.294. The van der Waals surface area contributed by atoms with Crippen molar-refractivity contribution >= 4 is 43.8 Å². The second-order valence-corrected chi connectivity index (χ2v) is 9.45. The molecule has 10 heteroatoms. The molecular weight excluding hydrogens is 408 g/mol. The van der Waals surface area contributed by atoms with Crippen LogP contribution in [0.15, 0.2) is 40.9 Å². The van der Waals surface area contributed by atoms with Gasteiger partial charge in [-0.1, -0.05) is 11.6 Å². The molecule has 1 aromatic carbocycles. The molecular formula is C17H17ClN4O3S2. The van der Waals surface area contributed by atoms with Gasteiger partial charge >= 0.3 is 0 Å². The molecule has 0 saturated carbocycles. The Morgan fingerprint density at radius 3 is 2.81 bits per heavy atom. The lowest BCUT2D eigenvalue weighted by Gasteiger charge is -2.17. The molecule has 0 bridgehead atoms. The number of rotatable bonds is 5. The summed E-state index contributed by atoms with van der Waals surface area (Å²) in [6.45, 7) is 1.21. The molecule has 7 nitrogen and oxygen atoms in total. The Balaban J connectivity index is 1.52. The van der Waals surface area contributed by atoms with Gasteiger partial charge < -0.3 is 5.32 Å². The highest BCUT2D eigenvalue weighted by atomic mass is 35.5. The minimum atomic E-state index is -3.70. The zero-order chi connectivity index (χ0) is 19.0. The maximum absolute atomic E-state index is 12.8. The van der Waals surface area contributed by atoms with Gasteiger partial charge in [-0.3, -0.25) is 9.20 Å². The normalized spacial score (nSPS) is 15.4. The van der Waals surface area contributed by atoms with Crippen LogP contribution in [0.1, 0.15) is 28.9 Å². The number of hydrogen-bond acceptors (Lipinski definition) is 5. The van der Waals surface area contributed by atoms with Crippen LogP contribution in [0.2, 0.25) is 5.02 Å². The molecule has 1 N–H and O–H groups in total. The zero-order valence-electron chi connectivity index (χ0n) is 14.3. The average molecular weight is 425 g/mol. The lowest BCUT2D eigenvalue weighted by molar-refractivity contribution is 0.0950. The summed E-state index contributed by atoms with van der Waals surface area (Å²) in [6.07, 6.45) is 5.41. The second kappa shape index (κ2) is 7.23. The summed E-state index contributed by atoms with van der Waals surface area (Å²) < 4.78 is 28.8. The summed E-state index contributed by atoms with van der Waals surface area (Å²) >= 11 is 7.63. The number of imidazole rings is 1. The first-order chi connectivity index (χ1) is 12.9. The van der Waals surface area contributed by atoms with Crippen LogP contribution >= 0.6 is 22.9 Å². The van der Waals surface area contributed by atoms with Crippen LogP contribution in [-0.2, 0) is 16.6 Å². The number of thiazole rings is 1. The van der Waals surface area contributed by atoms with Crippen molar-refractivity contribution in [2.24, 2.45) is 0 Å². The molecule has 3 heterocycles. The summed E-state index contributed by atoms with van der Waals surface area (Å²) in [7, 11) is -3.70. The van der Waals surface area contributed by atoms with Gasteiger partial charge in [-0.25, -0.2) is 13.4 Å². The van der Waals surface area contributed by atoms with Gasteiger partial charge in [0.1, 0.15) is 4.90 Å². The van der Waals surface area contributed by atoms with E-state index in [4.69, 9.17) is 11.6 Å². The number of carbonyl (C=O) groups is 1. The molecule has 1 aliphatic rings. The van der Waals surface area contributed by atoms with Crippen molar-refractivity contribution in [2.45, 2.75) is 24.3 Å². The molecule has 0 spiro atoms. The first-order valence-electron chi connectivity index (χ1n) is 8.44. The average Bonchev–Trinajstić information content (AvgIpc) is 3.37. The van der Waals surface area contributed by atoms with E-state index in [2.05, 4.69) is 10.3 Å². The van der Waals surface area contributed by atoms with Crippen LogP contribution in [0.5, 0.6) is 0 Å². The third kappa shape index (κ3) is 3.60. The highest BCUT2D eigenvalue weighted by Crippen LogP contribution is 2.28. The highest BCUT2D eigenvalue weighted by molar-refractivity contribution is 7.89. The van der Waals surface area contributed by atoms with Crippen molar-refractivity contribution < 1.29 is 13.2 Å². The van der Waals surface area contributed by atoms with Gasteiger partial charge in [0, 0.05) is 36.4 Å². The van der Waals surface area contributed by atoms with E-state index in [-0.39, 0.29) is 27.9 Å². The minimum absolute atomic E-state index is 0.0266. The maximum atomic E-state index is 12.8. The van der Waals surface area contributed by atoms with Crippen LogP contribution in [-0.4, -0.2) is 41.1 Å². The number of halogens is 1. The Morgan fingerprint density at radius 1 is 1.30 bits per heavy atom. The van der Waals surface area contributed by atoms with Crippen molar-refractivity contribution in [3.63, 3.8) is 0 Å². The number of carbonyl (C=O) groups excluding carboxylic acids is 1. The molecule has 1 amide bonds. The van der Waals surface area contributed by atoms with Crippen molar-refractivity contribution in [2.75, 3.05) is 13.1 Å². The minimum Gasteiger partial charge on any atom is -0.346 e. The molecule has 1 fully saturated rings. The van der Waals surface area contributed by atoms with E-state index in [1.807, 2.05) is 22.2 Å². The third-order valence-corrected chi connectivity index (χ3v) is 7.60. The third-order valence-electron chi connectivity index (χ3n) is 4.45. The van der Waals surface area contributed by atoms with E-state index in [1.165, 1.54) is 33.8 Å². The fourth-order valence-corrected chi connectivity index (χ4v) is 5.78. The van der Waals surface area contributed by atoms with Gasteiger partial charge in [0.25, 0.3) is 5.91 Å². The van der Waals surface area contributed by atoms with Crippen LogP contribution in [0.3, 0.4) is 0 Å². The van der Waals surface area contributed by atoms with E-state index < -0.39 is 10.0 Å². The monoisotopic (exact) mass is 424 g/mol. The van der Waals surface area contributed by atoms with Crippen LogP contribution in [0, 0.1) is 0 Å². The summed E-state index contributed by atoms with van der Waals surface area (Å²) in [6, 6.07) is 4.31. The molecule has 0 unspecified atom stereocenters. The van der Waals surface area contributed by atoms with Gasteiger partial charge in [-0.05, 0) is 31.0 Å². The van der Waals surface area contributed by atoms with E-state index in [0.717, 1.165) is 23.5 Å². The zero-order valence-corrected chi connectivity index (χ0v) is 16.6. The van der Waals surface area contributed by atoms with Crippen LogP contribution < -0.4 is 5.32 Å². The van der Waals surface area contributed by atoms with Gasteiger partial charge in [0.15, 0.2) is 4.96 Å². The van der Waals surface area contributed by atoms with E-state index in [1.54, 1.807) is 0 Å². The molecule has 4 rings (SSSR count). The van der Waals surface area contributed by atoms with Crippen molar-refractivity contribution in [3.05, 3.63) is 52.3 Å². The number of aromatic nitrogens is 2. The molecule has 3 aromatic rings. The molecule has 142 valence electrons. The quantitative estimate of drug-likeness (QED) is 0.682. The molecule has 1 saturated heterocycles. The fourth-order valence-electron chi connectivity index (χ4n) is 3.04.